The molecule has 0 nitrogen and oxygen atoms in total. The van der Waals surface area contributed by atoms with Crippen LogP contribution in [0.25, 0.3) is 0 Å². The Labute approximate surface area is 91.3 Å². The molecule has 1 heteroatoms. The van der Waals surface area contributed by atoms with Gasteiger partial charge >= 0.3 is 0 Å². The lowest BCUT2D eigenvalue weighted by atomic mass is 9.72. The van der Waals surface area contributed by atoms with Gasteiger partial charge in [-0.1, -0.05) is 71.0 Å². The van der Waals surface area contributed by atoms with Crippen molar-refractivity contribution in [2.24, 2.45) is 11.8 Å². The normalized spacial score (nSPS) is 31.6. The molecule has 2 unspecified atom stereocenters. The van der Waals surface area contributed by atoms with Crippen molar-refractivity contribution in [3.63, 3.8) is 0 Å². The van der Waals surface area contributed by atoms with Crippen molar-refractivity contribution in [2.75, 3.05) is 0 Å². The first kappa shape index (κ1) is 12.1. The van der Waals surface area contributed by atoms with Gasteiger partial charge in [-0.3, -0.25) is 0 Å². The minimum absolute atomic E-state index is 0.473. The number of hydrogen-bond donors (Lipinski definition) is 0. The molecule has 0 aromatic carbocycles. The van der Waals surface area contributed by atoms with Crippen molar-refractivity contribution in [2.45, 2.75) is 71.0 Å². The summed E-state index contributed by atoms with van der Waals surface area (Å²) >= 11 is 0. The standard InChI is InChI=1S/C13H25B/c1-11(2)12-8-6-4-3-5-7-9-13(14)10-12/h11-13H,3-10H2,1-2H3. The smallest absolute Gasteiger partial charge is 0.0699 e. The lowest BCUT2D eigenvalue weighted by molar-refractivity contribution is 0.306. The number of hydrogen-bond acceptors (Lipinski definition) is 0. The lowest BCUT2D eigenvalue weighted by Crippen LogP contribution is -2.13. The molecule has 0 heterocycles. The van der Waals surface area contributed by atoms with Crippen molar-refractivity contribution in [1.29, 1.82) is 0 Å². The Balaban J connectivity index is 2.39. The molecule has 0 aromatic heterocycles. The Bertz CT molecular complexity index is 142. The third-order valence-corrected chi connectivity index (χ3v) is 3.70. The highest BCUT2D eigenvalue weighted by molar-refractivity contribution is 6.11. The third kappa shape index (κ3) is 4.53. The van der Waals surface area contributed by atoms with Crippen molar-refractivity contribution < 1.29 is 0 Å². The molecule has 80 valence electrons. The van der Waals surface area contributed by atoms with Crippen molar-refractivity contribution >= 4 is 7.85 Å². The maximum Gasteiger partial charge on any atom is 0.0699 e. The van der Waals surface area contributed by atoms with Gasteiger partial charge in [0.2, 0.25) is 0 Å². The van der Waals surface area contributed by atoms with Crippen LogP contribution in [0.4, 0.5) is 0 Å². The molecule has 0 spiro atoms. The van der Waals surface area contributed by atoms with Crippen LogP contribution in [-0.2, 0) is 0 Å². The molecular weight excluding hydrogens is 167 g/mol. The van der Waals surface area contributed by atoms with Crippen LogP contribution in [0, 0.1) is 11.8 Å². The molecule has 14 heavy (non-hydrogen) atoms. The molecule has 0 bridgehead atoms. The zero-order valence-electron chi connectivity index (χ0n) is 9.97. The topological polar surface area (TPSA) is 0 Å². The van der Waals surface area contributed by atoms with E-state index in [-0.39, 0.29) is 0 Å². The first-order valence-corrected chi connectivity index (χ1v) is 6.45. The highest BCUT2D eigenvalue weighted by Crippen LogP contribution is 2.31. The summed E-state index contributed by atoms with van der Waals surface area (Å²) in [6.45, 7) is 4.70. The molecule has 1 rings (SSSR count). The molecule has 1 aliphatic rings. The van der Waals surface area contributed by atoms with E-state index in [2.05, 4.69) is 13.8 Å². The number of rotatable bonds is 1. The summed E-state index contributed by atoms with van der Waals surface area (Å²) in [4.78, 5) is 0. The highest BCUT2D eigenvalue weighted by atomic mass is 14.2. The Morgan fingerprint density at radius 3 is 2.14 bits per heavy atom. The summed E-state index contributed by atoms with van der Waals surface area (Å²) in [5.74, 6) is 2.17. The van der Waals surface area contributed by atoms with E-state index in [9.17, 15) is 0 Å². The average Bonchev–Trinajstić information content (AvgIpc) is 2.15. The van der Waals surface area contributed by atoms with Crippen LogP contribution in [-0.4, -0.2) is 7.85 Å². The van der Waals surface area contributed by atoms with Crippen LogP contribution >= 0.6 is 0 Å². The van der Waals surface area contributed by atoms with E-state index >= 15 is 0 Å². The van der Waals surface area contributed by atoms with Gasteiger partial charge in [-0.2, -0.15) is 0 Å². The van der Waals surface area contributed by atoms with E-state index in [1.165, 1.54) is 51.4 Å². The van der Waals surface area contributed by atoms with Crippen LogP contribution in [0.5, 0.6) is 0 Å². The van der Waals surface area contributed by atoms with Gasteiger partial charge in [0.05, 0.1) is 7.85 Å². The Hall–Kier alpha value is 0.0649. The van der Waals surface area contributed by atoms with Crippen molar-refractivity contribution in [3.8, 4) is 0 Å². The van der Waals surface area contributed by atoms with Gasteiger partial charge < -0.3 is 0 Å². The summed E-state index contributed by atoms with van der Waals surface area (Å²) in [5, 5.41) is 0. The van der Waals surface area contributed by atoms with Gasteiger partial charge in [-0.25, -0.2) is 0 Å². The van der Waals surface area contributed by atoms with Crippen LogP contribution in [0.1, 0.15) is 65.2 Å². The minimum atomic E-state index is 0.473. The van der Waals surface area contributed by atoms with E-state index in [4.69, 9.17) is 7.85 Å². The lowest BCUT2D eigenvalue weighted by Gasteiger charge is -2.25. The molecule has 1 aliphatic carbocycles. The van der Waals surface area contributed by atoms with Gasteiger partial charge in [0.15, 0.2) is 0 Å². The maximum absolute atomic E-state index is 6.15. The third-order valence-electron chi connectivity index (χ3n) is 3.70. The van der Waals surface area contributed by atoms with E-state index in [1.54, 1.807) is 0 Å². The predicted molar refractivity (Wildman–Crippen MR) is 64.8 cm³/mol. The second kappa shape index (κ2) is 6.53. The Morgan fingerprint density at radius 1 is 0.929 bits per heavy atom. The molecule has 0 N–H and O–H groups in total. The van der Waals surface area contributed by atoms with Gasteiger partial charge in [-0.05, 0) is 11.8 Å². The second-order valence-corrected chi connectivity index (χ2v) is 5.34. The van der Waals surface area contributed by atoms with Crippen LogP contribution < -0.4 is 0 Å². The fraction of sp³-hybridized carbons (Fsp3) is 1.00. The van der Waals surface area contributed by atoms with Crippen molar-refractivity contribution in [1.82, 2.24) is 0 Å². The van der Waals surface area contributed by atoms with Crippen LogP contribution in [0.3, 0.4) is 0 Å². The van der Waals surface area contributed by atoms with Crippen LogP contribution in [0.2, 0.25) is 5.82 Å². The zero-order chi connectivity index (χ0) is 10.4. The first-order chi connectivity index (χ1) is 6.70. The first-order valence-electron chi connectivity index (χ1n) is 6.45. The quantitative estimate of drug-likeness (QED) is 0.542. The van der Waals surface area contributed by atoms with Gasteiger partial charge in [0.1, 0.15) is 0 Å². The van der Waals surface area contributed by atoms with Crippen molar-refractivity contribution in [3.05, 3.63) is 0 Å². The molecule has 2 atom stereocenters. The molecular formula is C13H25B. The maximum atomic E-state index is 6.15. The molecule has 1 saturated carbocycles. The van der Waals surface area contributed by atoms with E-state index in [1.807, 2.05) is 0 Å². The summed E-state index contributed by atoms with van der Waals surface area (Å²) in [6, 6.07) is 0. The Morgan fingerprint density at radius 2 is 1.50 bits per heavy atom. The Kier molecular flexibility index (Phi) is 5.66. The molecule has 0 amide bonds. The average molecular weight is 192 g/mol. The molecule has 2 radical (unpaired) electrons. The second-order valence-electron chi connectivity index (χ2n) is 5.34. The zero-order valence-corrected chi connectivity index (χ0v) is 9.97. The van der Waals surface area contributed by atoms with E-state index in [0.29, 0.717) is 5.82 Å². The van der Waals surface area contributed by atoms with E-state index < -0.39 is 0 Å². The molecule has 1 fully saturated rings. The molecule has 0 saturated heterocycles. The van der Waals surface area contributed by atoms with E-state index in [0.717, 1.165) is 11.8 Å². The largest absolute Gasteiger partial charge is 0.0771 e. The highest BCUT2D eigenvalue weighted by Gasteiger charge is 2.17. The van der Waals surface area contributed by atoms with Crippen LogP contribution in [0.15, 0.2) is 0 Å². The fourth-order valence-corrected chi connectivity index (χ4v) is 2.57. The molecule has 0 aliphatic heterocycles. The summed E-state index contributed by atoms with van der Waals surface area (Å²) in [6.07, 6.45) is 11.0. The minimum Gasteiger partial charge on any atom is -0.0771 e. The summed E-state index contributed by atoms with van der Waals surface area (Å²) in [5.41, 5.74) is 0. The summed E-state index contributed by atoms with van der Waals surface area (Å²) < 4.78 is 0. The summed E-state index contributed by atoms with van der Waals surface area (Å²) in [7, 11) is 6.15. The fourth-order valence-electron chi connectivity index (χ4n) is 2.57. The predicted octanol–water partition coefficient (Wildman–Crippen LogP) is 4.35. The van der Waals surface area contributed by atoms with Gasteiger partial charge in [-0.15, -0.1) is 0 Å². The molecule has 0 aromatic rings. The SMILES string of the molecule is [B]C1CCCCCCCC(C(C)C)C1. The van der Waals surface area contributed by atoms with Gasteiger partial charge in [0.25, 0.3) is 0 Å². The van der Waals surface area contributed by atoms with Gasteiger partial charge in [0, 0.05) is 0 Å². The monoisotopic (exact) mass is 192 g/mol.